The molecule has 0 saturated heterocycles. The molecule has 438 valence electrons. The molecular formula is C55H30BF24NO2. The van der Waals surface area contributed by atoms with Gasteiger partial charge in [-0.2, -0.15) is 132 Å². The summed E-state index contributed by atoms with van der Waals surface area (Å²) in [5, 5.41) is 1.06. The summed E-state index contributed by atoms with van der Waals surface area (Å²) < 4.78 is 349. The van der Waals surface area contributed by atoms with E-state index in [1.807, 2.05) is 102 Å². The Hall–Kier alpha value is -8.20. The zero-order valence-corrected chi connectivity index (χ0v) is 40.8. The minimum Gasteiger partial charge on any atom is -0.405 e. The Balaban J connectivity index is 0.000000313. The molecule has 0 radical (unpaired) electrons. The molecule has 1 heterocycles. The fourth-order valence-electron chi connectivity index (χ4n) is 9.04. The number of nitrogens with zero attached hydrogens (tertiary/aromatic N) is 1. The standard InChI is InChI=1S/C32H12BF24.C23H18NO2/c34-25(35,36)13-1-14(26(37,38)39)6-21(5-13)33(22-7-15(27(40,41)42)2-16(8-22)28(43,44)45,23-9-17(29(46,47)48)3-18(10-23)30(49,50)51)24-11-19(31(52,53)54)4-20(12-24)32(55,56)57;25-22(19-10-3-1-4-11-19)17-24-21-14-8-7-9-18(21)15-16-23(24)26-20-12-5-2-6-13-20/h1-12H;1-16H,17H2/q-1;+1. The zero-order valence-electron chi connectivity index (χ0n) is 40.8. The van der Waals surface area contributed by atoms with Crippen LogP contribution in [0.4, 0.5) is 105 Å². The van der Waals surface area contributed by atoms with Crippen LogP contribution >= 0.6 is 0 Å². The van der Waals surface area contributed by atoms with Crippen molar-refractivity contribution < 1.29 is 119 Å². The normalized spacial score (nSPS) is 13.2. The summed E-state index contributed by atoms with van der Waals surface area (Å²) in [5.74, 6) is 1.42. The van der Waals surface area contributed by atoms with Crippen LogP contribution in [0.5, 0.6) is 11.6 Å². The first-order chi connectivity index (χ1) is 38.1. The zero-order chi connectivity index (χ0) is 61.7. The molecule has 0 aliphatic carbocycles. The van der Waals surface area contributed by atoms with E-state index >= 15 is 0 Å². The van der Waals surface area contributed by atoms with Crippen molar-refractivity contribution in [2.24, 2.45) is 0 Å². The van der Waals surface area contributed by atoms with Crippen LogP contribution < -0.4 is 31.2 Å². The van der Waals surface area contributed by atoms with E-state index in [1.54, 1.807) is 0 Å². The molecule has 0 saturated carbocycles. The molecule has 0 bridgehead atoms. The van der Waals surface area contributed by atoms with E-state index in [2.05, 4.69) is 0 Å². The highest BCUT2D eigenvalue weighted by atomic mass is 19.4. The number of carbonyl (C=O) groups excluding carboxylic acids is 1. The molecule has 0 amide bonds. The smallest absolute Gasteiger partial charge is 0.405 e. The third-order valence-corrected chi connectivity index (χ3v) is 12.7. The lowest BCUT2D eigenvalue weighted by atomic mass is 9.12. The van der Waals surface area contributed by atoms with Gasteiger partial charge in [0, 0.05) is 17.0 Å². The van der Waals surface area contributed by atoms with Gasteiger partial charge in [0.1, 0.15) is 11.9 Å². The number of ether oxygens (including phenoxy) is 1. The molecule has 3 nitrogen and oxygen atoms in total. The maximum atomic E-state index is 14.2. The maximum Gasteiger partial charge on any atom is 0.416 e. The summed E-state index contributed by atoms with van der Waals surface area (Å²) in [4.78, 5) is 12.8. The molecule has 8 aromatic rings. The highest BCUT2D eigenvalue weighted by Gasteiger charge is 2.47. The van der Waals surface area contributed by atoms with Gasteiger partial charge in [-0.25, -0.2) is 0 Å². The van der Waals surface area contributed by atoms with Crippen LogP contribution in [0.15, 0.2) is 170 Å². The Morgan fingerprint density at radius 3 is 0.916 bits per heavy atom. The minimum atomic E-state index is -6.13. The van der Waals surface area contributed by atoms with Gasteiger partial charge in [-0.15, -0.1) is 0 Å². The van der Waals surface area contributed by atoms with Crippen LogP contribution in [-0.2, 0) is 56.0 Å². The molecule has 0 N–H and O–H groups in total. The summed E-state index contributed by atoms with van der Waals surface area (Å²) in [5.41, 5.74) is -28.5. The van der Waals surface area contributed by atoms with Crippen LogP contribution in [-0.4, -0.2) is 11.9 Å². The van der Waals surface area contributed by atoms with Crippen LogP contribution in [0.2, 0.25) is 0 Å². The van der Waals surface area contributed by atoms with Gasteiger partial charge >= 0.3 is 55.3 Å². The molecule has 8 rings (SSSR count). The van der Waals surface area contributed by atoms with Crippen molar-refractivity contribution in [3.63, 3.8) is 0 Å². The second-order valence-corrected chi connectivity index (χ2v) is 18.2. The molecule has 0 aliphatic heterocycles. The van der Waals surface area contributed by atoms with Crippen molar-refractivity contribution >= 4 is 44.7 Å². The third kappa shape index (κ3) is 14.2. The van der Waals surface area contributed by atoms with Gasteiger partial charge < -0.3 is 4.74 Å². The summed E-state index contributed by atoms with van der Waals surface area (Å²) >= 11 is 0. The molecule has 0 spiro atoms. The lowest BCUT2D eigenvalue weighted by molar-refractivity contribution is -0.661. The average molecular weight is 1200 g/mol. The van der Waals surface area contributed by atoms with Crippen molar-refractivity contribution in [3.05, 3.63) is 220 Å². The Labute approximate surface area is 450 Å². The molecule has 0 atom stereocenters. The van der Waals surface area contributed by atoms with Crippen molar-refractivity contribution in [1.82, 2.24) is 0 Å². The fraction of sp³-hybridized carbons (Fsp3) is 0.164. The highest BCUT2D eigenvalue weighted by molar-refractivity contribution is 7.20. The van der Waals surface area contributed by atoms with Gasteiger partial charge in [0.2, 0.25) is 17.8 Å². The Morgan fingerprint density at radius 2 is 0.614 bits per heavy atom. The monoisotopic (exact) mass is 1200 g/mol. The number of benzene rings is 7. The number of carbonyl (C=O) groups is 1. The number of pyridine rings is 1. The topological polar surface area (TPSA) is 30.2 Å². The van der Waals surface area contributed by atoms with E-state index in [0.717, 1.165) is 16.7 Å². The first kappa shape index (κ1) is 62.4. The van der Waals surface area contributed by atoms with Crippen LogP contribution in [0.3, 0.4) is 0 Å². The number of Topliss-reactive ketones (excluding diaryl/α,β-unsaturated/α-hetero) is 1. The largest absolute Gasteiger partial charge is 0.416 e. The summed E-state index contributed by atoms with van der Waals surface area (Å²) in [6.45, 7) is 0.216. The lowest BCUT2D eigenvalue weighted by Gasteiger charge is -2.46. The van der Waals surface area contributed by atoms with E-state index in [-0.39, 0.29) is 12.3 Å². The van der Waals surface area contributed by atoms with Gasteiger partial charge in [-0.05, 0) is 48.5 Å². The van der Waals surface area contributed by atoms with Gasteiger partial charge in [-0.3, -0.25) is 4.79 Å². The Bertz CT molecular complexity index is 3210. The molecule has 1 aromatic heterocycles. The quantitative estimate of drug-likeness (QED) is 0.0624. The number of halogens is 24. The first-order valence-electron chi connectivity index (χ1n) is 23.2. The van der Waals surface area contributed by atoms with Crippen LogP contribution in [0.25, 0.3) is 10.9 Å². The van der Waals surface area contributed by atoms with E-state index in [4.69, 9.17) is 4.74 Å². The average Bonchev–Trinajstić information content (AvgIpc) is 3.16. The molecule has 0 fully saturated rings. The van der Waals surface area contributed by atoms with Gasteiger partial charge in [0.05, 0.1) is 50.6 Å². The lowest BCUT2D eigenvalue weighted by Crippen LogP contribution is -2.75. The Morgan fingerprint density at radius 1 is 0.337 bits per heavy atom. The second-order valence-electron chi connectivity index (χ2n) is 18.2. The van der Waals surface area contributed by atoms with Crippen molar-refractivity contribution in [1.29, 1.82) is 0 Å². The molecule has 83 heavy (non-hydrogen) atoms. The number of rotatable bonds is 9. The van der Waals surface area contributed by atoms with E-state index in [1.165, 1.54) is 0 Å². The molecular weight excluding hydrogens is 1170 g/mol. The number of hydrogen-bond donors (Lipinski definition) is 0. The van der Waals surface area contributed by atoms with Crippen LogP contribution in [0, 0.1) is 0 Å². The van der Waals surface area contributed by atoms with E-state index in [9.17, 15) is 110 Å². The number of para-hydroxylation sites is 2. The number of hydrogen-bond acceptors (Lipinski definition) is 2. The second kappa shape index (κ2) is 22.2. The van der Waals surface area contributed by atoms with Crippen molar-refractivity contribution in [2.45, 2.75) is 56.0 Å². The molecule has 7 aromatic carbocycles. The third-order valence-electron chi connectivity index (χ3n) is 12.7. The van der Waals surface area contributed by atoms with Crippen molar-refractivity contribution in [2.75, 3.05) is 0 Å². The first-order valence-corrected chi connectivity index (χ1v) is 23.2. The molecule has 28 heteroatoms. The summed E-state index contributed by atoms with van der Waals surface area (Å²) in [6.07, 6.45) is -54.8. The minimum absolute atomic E-state index is 0.0462. The SMILES string of the molecule is FC(F)(F)c1cc([B-](c2cc(C(F)(F)F)cc(C(F)(F)F)c2)(c2cc(C(F)(F)F)cc(C(F)(F)F)c2)c2cc(C(F)(F)F)cc(C(F)(F)F)c2)cc(C(F)(F)F)c1.O=C(C[n+]1c(Oc2ccccc2)ccc2ccccc21)c1ccccc1. The highest BCUT2D eigenvalue weighted by Crippen LogP contribution is 2.42. The number of fused-ring (bicyclic) bond motifs is 1. The van der Waals surface area contributed by atoms with Crippen molar-refractivity contribution in [3.8, 4) is 11.6 Å². The van der Waals surface area contributed by atoms with Gasteiger partial charge in [0.25, 0.3) is 0 Å². The molecule has 0 unspecified atom stereocenters. The Kier molecular flexibility index (Phi) is 16.7. The number of alkyl halides is 24. The van der Waals surface area contributed by atoms with E-state index in [0.29, 0.717) is 11.4 Å². The van der Waals surface area contributed by atoms with E-state index < -0.39 is 195 Å². The number of ketones is 1. The maximum absolute atomic E-state index is 14.2. The predicted octanol–water partition coefficient (Wildman–Crippen LogP) is 16.0. The fourth-order valence-corrected chi connectivity index (χ4v) is 9.04. The summed E-state index contributed by atoms with van der Waals surface area (Å²) in [6, 6.07) is 22.1. The van der Waals surface area contributed by atoms with Crippen LogP contribution in [0.1, 0.15) is 54.9 Å². The van der Waals surface area contributed by atoms with Gasteiger partial charge in [0.15, 0.2) is 0 Å². The predicted molar refractivity (Wildman–Crippen MR) is 252 cm³/mol. The van der Waals surface area contributed by atoms with Gasteiger partial charge in [-0.1, -0.05) is 109 Å². The summed E-state index contributed by atoms with van der Waals surface area (Å²) in [7, 11) is 0. The number of aromatic nitrogens is 1. The molecule has 0 aliphatic rings.